The molecule has 4 nitrogen and oxygen atoms in total. The fourth-order valence-corrected chi connectivity index (χ4v) is 3.06. The lowest BCUT2D eigenvalue weighted by atomic mass is 10.1. The molecule has 0 N–H and O–H groups in total. The molecule has 132 valence electrons. The Morgan fingerprint density at radius 2 is 1.56 bits per heavy atom. The number of para-hydroxylation sites is 3. The second-order valence-corrected chi connectivity index (χ2v) is 6.04. The smallest absolute Gasteiger partial charge is 0.266 e. The number of ether oxygens (including phenoxy) is 1. The van der Waals surface area contributed by atoms with Crippen molar-refractivity contribution in [3.63, 3.8) is 0 Å². The predicted molar refractivity (Wildman–Crippen MR) is 109 cm³/mol. The first-order valence-corrected chi connectivity index (χ1v) is 8.66. The van der Waals surface area contributed by atoms with Gasteiger partial charge in [-0.2, -0.15) is 0 Å². The van der Waals surface area contributed by atoms with Crippen molar-refractivity contribution in [1.82, 2.24) is 9.55 Å². The van der Waals surface area contributed by atoms with E-state index in [4.69, 9.17) is 9.72 Å². The Labute approximate surface area is 157 Å². The molecule has 4 rings (SSSR count). The molecule has 3 aromatic carbocycles. The summed E-state index contributed by atoms with van der Waals surface area (Å²) in [7, 11) is 1.64. The van der Waals surface area contributed by atoms with Crippen molar-refractivity contribution >= 4 is 23.1 Å². The zero-order valence-electron chi connectivity index (χ0n) is 14.9. The van der Waals surface area contributed by atoms with Gasteiger partial charge in [-0.05, 0) is 42.5 Å². The van der Waals surface area contributed by atoms with Crippen molar-refractivity contribution in [3.8, 4) is 11.4 Å². The summed E-state index contributed by atoms with van der Waals surface area (Å²) in [4.78, 5) is 17.9. The Bertz CT molecular complexity index is 1180. The van der Waals surface area contributed by atoms with Gasteiger partial charge in [-0.25, -0.2) is 4.98 Å². The first kappa shape index (κ1) is 16.8. The van der Waals surface area contributed by atoms with Crippen LogP contribution >= 0.6 is 0 Å². The average Bonchev–Trinajstić information content (AvgIpc) is 2.73. The summed E-state index contributed by atoms with van der Waals surface area (Å²) in [6, 6.07) is 24.7. The second-order valence-electron chi connectivity index (χ2n) is 6.04. The quantitative estimate of drug-likeness (QED) is 0.539. The molecule has 0 aliphatic rings. The van der Waals surface area contributed by atoms with Crippen LogP contribution in [0, 0.1) is 0 Å². The Kier molecular flexibility index (Phi) is 4.54. The summed E-state index contributed by atoms with van der Waals surface area (Å²) in [5, 5.41) is 0.593. The molecule has 1 heterocycles. The van der Waals surface area contributed by atoms with Gasteiger partial charge in [-0.1, -0.05) is 48.5 Å². The molecule has 4 heteroatoms. The van der Waals surface area contributed by atoms with E-state index in [-0.39, 0.29) is 5.56 Å². The maximum Gasteiger partial charge on any atom is 0.266 e. The van der Waals surface area contributed by atoms with Crippen molar-refractivity contribution in [3.05, 3.63) is 101 Å². The van der Waals surface area contributed by atoms with E-state index in [0.717, 1.165) is 17.0 Å². The molecule has 0 aliphatic heterocycles. The summed E-state index contributed by atoms with van der Waals surface area (Å²) >= 11 is 0. The standard InChI is InChI=1S/C23H18N2O2/c1-27-21-14-8-5-9-17(21)15-16-22-24-20-13-7-6-12-19(20)23(26)25(22)18-10-3-2-4-11-18/h2-16H,1H3/b16-15-. The maximum absolute atomic E-state index is 13.1. The Hall–Kier alpha value is -3.66. The van der Waals surface area contributed by atoms with Crippen LogP contribution in [0.25, 0.3) is 28.7 Å². The highest BCUT2D eigenvalue weighted by Crippen LogP contribution is 2.21. The molecule has 0 fully saturated rings. The summed E-state index contributed by atoms with van der Waals surface area (Å²) in [5.41, 5.74) is 2.28. The molecular formula is C23H18N2O2. The van der Waals surface area contributed by atoms with Gasteiger partial charge in [0, 0.05) is 5.56 Å². The molecule has 0 aliphatic carbocycles. The number of fused-ring (bicyclic) bond motifs is 1. The third-order valence-electron chi connectivity index (χ3n) is 4.37. The number of hydrogen-bond acceptors (Lipinski definition) is 3. The summed E-state index contributed by atoms with van der Waals surface area (Å²) in [6.07, 6.45) is 3.76. The van der Waals surface area contributed by atoms with Gasteiger partial charge < -0.3 is 4.74 Å². The minimum atomic E-state index is -0.0912. The van der Waals surface area contributed by atoms with Crippen LogP contribution in [0.5, 0.6) is 5.75 Å². The number of methoxy groups -OCH3 is 1. The van der Waals surface area contributed by atoms with Gasteiger partial charge in [-0.3, -0.25) is 9.36 Å². The summed E-state index contributed by atoms with van der Waals surface area (Å²) in [5.74, 6) is 1.33. The van der Waals surface area contributed by atoms with E-state index in [1.165, 1.54) is 0 Å². The van der Waals surface area contributed by atoms with Crippen molar-refractivity contribution < 1.29 is 4.74 Å². The van der Waals surface area contributed by atoms with E-state index in [9.17, 15) is 4.79 Å². The molecule has 0 atom stereocenters. The molecule has 4 aromatic rings. The topological polar surface area (TPSA) is 44.1 Å². The third-order valence-corrected chi connectivity index (χ3v) is 4.37. The highest BCUT2D eigenvalue weighted by molar-refractivity contribution is 5.80. The fourth-order valence-electron chi connectivity index (χ4n) is 3.06. The molecule has 0 saturated heterocycles. The van der Waals surface area contributed by atoms with Crippen LogP contribution in [-0.4, -0.2) is 16.7 Å². The number of rotatable bonds is 4. The van der Waals surface area contributed by atoms with Crippen LogP contribution in [0.15, 0.2) is 83.7 Å². The molecule has 0 spiro atoms. The van der Waals surface area contributed by atoms with E-state index >= 15 is 0 Å². The fraction of sp³-hybridized carbons (Fsp3) is 0.0435. The van der Waals surface area contributed by atoms with Gasteiger partial charge in [0.25, 0.3) is 5.56 Å². The molecule has 0 bridgehead atoms. The molecule has 0 amide bonds. The summed E-state index contributed by atoms with van der Waals surface area (Å²) < 4.78 is 7.04. The highest BCUT2D eigenvalue weighted by Gasteiger charge is 2.10. The zero-order valence-corrected chi connectivity index (χ0v) is 14.9. The third kappa shape index (κ3) is 3.25. The Morgan fingerprint density at radius 3 is 2.37 bits per heavy atom. The van der Waals surface area contributed by atoms with Crippen LogP contribution in [0.1, 0.15) is 11.4 Å². The Morgan fingerprint density at radius 1 is 0.852 bits per heavy atom. The minimum absolute atomic E-state index is 0.0912. The van der Waals surface area contributed by atoms with Gasteiger partial charge in [0.2, 0.25) is 0 Å². The van der Waals surface area contributed by atoms with Crippen LogP contribution < -0.4 is 10.3 Å². The van der Waals surface area contributed by atoms with E-state index < -0.39 is 0 Å². The lowest BCUT2D eigenvalue weighted by molar-refractivity contribution is 0.414. The van der Waals surface area contributed by atoms with E-state index in [1.807, 2.05) is 84.9 Å². The van der Waals surface area contributed by atoms with E-state index in [1.54, 1.807) is 17.7 Å². The maximum atomic E-state index is 13.1. The van der Waals surface area contributed by atoms with Crippen molar-refractivity contribution in [2.75, 3.05) is 7.11 Å². The van der Waals surface area contributed by atoms with Crippen molar-refractivity contribution in [2.45, 2.75) is 0 Å². The highest BCUT2D eigenvalue weighted by atomic mass is 16.5. The van der Waals surface area contributed by atoms with Gasteiger partial charge in [-0.15, -0.1) is 0 Å². The second kappa shape index (κ2) is 7.30. The SMILES string of the molecule is COc1ccccc1/C=C\c1nc2ccccc2c(=O)n1-c1ccccc1. The first-order valence-electron chi connectivity index (χ1n) is 8.66. The minimum Gasteiger partial charge on any atom is -0.496 e. The predicted octanol–water partition coefficient (Wildman–Crippen LogP) is 4.56. The zero-order chi connectivity index (χ0) is 18.6. The van der Waals surface area contributed by atoms with Crippen LogP contribution in [-0.2, 0) is 0 Å². The van der Waals surface area contributed by atoms with Crippen molar-refractivity contribution in [2.24, 2.45) is 0 Å². The molecule has 27 heavy (non-hydrogen) atoms. The van der Waals surface area contributed by atoms with Crippen LogP contribution in [0.2, 0.25) is 0 Å². The van der Waals surface area contributed by atoms with E-state index in [2.05, 4.69) is 0 Å². The molecular weight excluding hydrogens is 336 g/mol. The molecule has 0 saturated carbocycles. The van der Waals surface area contributed by atoms with Gasteiger partial charge in [0.15, 0.2) is 0 Å². The van der Waals surface area contributed by atoms with Crippen molar-refractivity contribution in [1.29, 1.82) is 0 Å². The molecule has 1 aromatic heterocycles. The average molecular weight is 354 g/mol. The number of nitrogens with zero attached hydrogens (tertiary/aromatic N) is 2. The number of benzene rings is 3. The van der Waals surface area contributed by atoms with E-state index in [0.29, 0.717) is 16.7 Å². The Balaban J connectivity index is 1.94. The van der Waals surface area contributed by atoms with Gasteiger partial charge in [0.1, 0.15) is 11.6 Å². The van der Waals surface area contributed by atoms with Crippen LogP contribution in [0.3, 0.4) is 0 Å². The molecule has 0 radical (unpaired) electrons. The summed E-state index contributed by atoms with van der Waals surface area (Å²) in [6.45, 7) is 0. The molecule has 0 unspecified atom stereocenters. The van der Waals surface area contributed by atoms with Crippen LogP contribution in [0.4, 0.5) is 0 Å². The number of aromatic nitrogens is 2. The first-order chi connectivity index (χ1) is 13.3. The number of hydrogen-bond donors (Lipinski definition) is 0. The van der Waals surface area contributed by atoms with Gasteiger partial charge >= 0.3 is 0 Å². The monoisotopic (exact) mass is 354 g/mol. The largest absolute Gasteiger partial charge is 0.496 e. The lowest BCUT2D eigenvalue weighted by Gasteiger charge is -2.11. The van der Waals surface area contributed by atoms with Gasteiger partial charge in [0.05, 0.1) is 23.7 Å². The normalized spacial score (nSPS) is 11.1. The lowest BCUT2D eigenvalue weighted by Crippen LogP contribution is -2.22.